The van der Waals surface area contributed by atoms with Gasteiger partial charge >= 0.3 is 6.03 Å². The van der Waals surface area contributed by atoms with Crippen LogP contribution < -0.4 is 16.4 Å². The van der Waals surface area contributed by atoms with Crippen molar-refractivity contribution in [2.75, 3.05) is 11.1 Å². The smallest absolute Gasteiger partial charge is 0.319 e. The van der Waals surface area contributed by atoms with E-state index in [2.05, 4.69) is 20.6 Å². The number of nitrogens with zero attached hydrogens (tertiary/aromatic N) is 3. The Morgan fingerprint density at radius 2 is 1.88 bits per heavy atom. The summed E-state index contributed by atoms with van der Waals surface area (Å²) in [6.07, 6.45) is 3.15. The second-order valence-electron chi connectivity index (χ2n) is 8.21. The summed E-state index contributed by atoms with van der Waals surface area (Å²) < 4.78 is 1.90. The number of urea groups is 1. The Balaban J connectivity index is 1.54. The van der Waals surface area contributed by atoms with Crippen molar-refractivity contribution in [3.05, 3.63) is 83.3 Å². The van der Waals surface area contributed by atoms with Gasteiger partial charge in [-0.2, -0.15) is 0 Å². The summed E-state index contributed by atoms with van der Waals surface area (Å²) >= 11 is 0. The number of amides is 2. The van der Waals surface area contributed by atoms with E-state index in [0.29, 0.717) is 34.4 Å². The number of hydrogen-bond donors (Lipinski definition) is 3. The highest BCUT2D eigenvalue weighted by atomic mass is 16.2. The maximum Gasteiger partial charge on any atom is 0.319 e. The third-order valence-electron chi connectivity index (χ3n) is 5.36. The zero-order valence-corrected chi connectivity index (χ0v) is 18.8. The first kappa shape index (κ1) is 22.0. The largest absolute Gasteiger partial charge is 0.383 e. The van der Waals surface area contributed by atoms with Crippen molar-refractivity contribution in [2.24, 2.45) is 0 Å². The number of rotatable bonds is 6. The van der Waals surface area contributed by atoms with Crippen LogP contribution in [0.2, 0.25) is 0 Å². The van der Waals surface area contributed by atoms with Gasteiger partial charge in [0, 0.05) is 30.0 Å². The summed E-state index contributed by atoms with van der Waals surface area (Å²) in [6, 6.07) is 14.5. The van der Waals surface area contributed by atoms with E-state index < -0.39 is 0 Å². The molecule has 4 aromatic rings. The lowest BCUT2D eigenvalue weighted by atomic mass is 10.0. The van der Waals surface area contributed by atoms with Crippen LogP contribution in [-0.4, -0.2) is 26.3 Å². The van der Waals surface area contributed by atoms with Gasteiger partial charge < -0.3 is 20.9 Å². The standard InChI is InChI=1S/C25H26N6O2/c1-15(2)31-13-20(21-23(26)28-14-29-24(21)31)22(32)18-8-5-9-19(11-18)30-25(33)27-12-17-7-4-6-16(3)10-17/h4-11,13-15H,12H2,1-3H3,(H2,26,28,29)(H2,27,30,33). The fraction of sp³-hybridized carbons (Fsp3) is 0.200. The highest BCUT2D eigenvalue weighted by molar-refractivity contribution is 6.18. The number of aryl methyl sites for hydroxylation is 1. The first-order chi connectivity index (χ1) is 15.8. The monoisotopic (exact) mass is 442 g/mol. The Morgan fingerprint density at radius 1 is 1.09 bits per heavy atom. The van der Waals surface area contributed by atoms with Crippen LogP contribution in [0.3, 0.4) is 0 Å². The molecule has 4 N–H and O–H groups in total. The predicted octanol–water partition coefficient (Wildman–Crippen LogP) is 4.46. The first-order valence-electron chi connectivity index (χ1n) is 10.7. The third-order valence-corrected chi connectivity index (χ3v) is 5.36. The molecule has 0 saturated carbocycles. The molecule has 0 bridgehead atoms. The molecule has 33 heavy (non-hydrogen) atoms. The van der Waals surface area contributed by atoms with Crippen molar-refractivity contribution in [3.63, 3.8) is 0 Å². The van der Waals surface area contributed by atoms with Gasteiger partial charge in [0.2, 0.25) is 0 Å². The molecule has 4 rings (SSSR count). The van der Waals surface area contributed by atoms with Crippen molar-refractivity contribution >= 4 is 34.4 Å². The minimum Gasteiger partial charge on any atom is -0.383 e. The molecule has 2 aromatic heterocycles. The Bertz CT molecular complexity index is 1340. The number of benzene rings is 2. The summed E-state index contributed by atoms with van der Waals surface area (Å²) in [6.45, 7) is 6.42. The number of nitrogens with one attached hydrogen (secondary N) is 2. The summed E-state index contributed by atoms with van der Waals surface area (Å²) in [4.78, 5) is 34.1. The van der Waals surface area contributed by atoms with Gasteiger partial charge in [0.15, 0.2) is 5.78 Å². The summed E-state index contributed by atoms with van der Waals surface area (Å²) in [5.74, 6) is 0.0391. The lowest BCUT2D eigenvalue weighted by Crippen LogP contribution is -2.28. The normalized spacial score (nSPS) is 11.0. The lowest BCUT2D eigenvalue weighted by Gasteiger charge is -2.09. The zero-order chi connectivity index (χ0) is 23.5. The van der Waals surface area contributed by atoms with E-state index in [-0.39, 0.29) is 23.7 Å². The predicted molar refractivity (Wildman–Crippen MR) is 129 cm³/mol. The SMILES string of the molecule is Cc1cccc(CNC(=O)Nc2cccc(C(=O)c3cn(C(C)C)c4ncnc(N)c34)c2)c1. The van der Waals surface area contributed by atoms with Crippen molar-refractivity contribution in [1.82, 2.24) is 19.9 Å². The van der Waals surface area contributed by atoms with E-state index in [9.17, 15) is 9.59 Å². The van der Waals surface area contributed by atoms with Crippen LogP contribution in [0.4, 0.5) is 16.3 Å². The Hall–Kier alpha value is -4.20. The number of aromatic nitrogens is 3. The van der Waals surface area contributed by atoms with E-state index in [1.54, 1.807) is 30.5 Å². The third kappa shape index (κ3) is 4.69. The molecule has 168 valence electrons. The average molecular weight is 443 g/mol. The van der Waals surface area contributed by atoms with Crippen LogP contribution in [0.5, 0.6) is 0 Å². The maximum absolute atomic E-state index is 13.4. The topological polar surface area (TPSA) is 115 Å². The van der Waals surface area contributed by atoms with Gasteiger partial charge in [0.1, 0.15) is 17.8 Å². The van der Waals surface area contributed by atoms with E-state index in [1.165, 1.54) is 6.33 Å². The van der Waals surface area contributed by atoms with Gasteiger partial charge in [-0.15, -0.1) is 0 Å². The minimum atomic E-state index is -0.352. The summed E-state index contributed by atoms with van der Waals surface area (Å²) in [7, 11) is 0. The van der Waals surface area contributed by atoms with Crippen molar-refractivity contribution < 1.29 is 9.59 Å². The number of carbonyl (C=O) groups excluding carboxylic acids is 2. The fourth-order valence-electron chi connectivity index (χ4n) is 3.75. The van der Waals surface area contributed by atoms with Crippen LogP contribution in [0.15, 0.2) is 61.1 Å². The van der Waals surface area contributed by atoms with Crippen LogP contribution in [0.1, 0.15) is 46.9 Å². The van der Waals surface area contributed by atoms with Gasteiger partial charge in [-0.25, -0.2) is 14.8 Å². The molecule has 2 aromatic carbocycles. The number of carbonyl (C=O) groups is 2. The molecule has 0 aliphatic carbocycles. The van der Waals surface area contributed by atoms with Crippen molar-refractivity contribution in [1.29, 1.82) is 0 Å². The first-order valence-corrected chi connectivity index (χ1v) is 10.7. The molecule has 2 amide bonds. The number of fused-ring (bicyclic) bond motifs is 1. The van der Waals surface area contributed by atoms with Crippen LogP contribution >= 0.6 is 0 Å². The molecule has 0 saturated heterocycles. The number of nitrogens with two attached hydrogens (primary N) is 1. The van der Waals surface area contributed by atoms with Crippen LogP contribution in [-0.2, 0) is 6.54 Å². The van der Waals surface area contributed by atoms with E-state index in [1.807, 2.05) is 49.6 Å². The van der Waals surface area contributed by atoms with Gasteiger partial charge in [0.05, 0.1) is 10.9 Å². The van der Waals surface area contributed by atoms with E-state index >= 15 is 0 Å². The summed E-state index contributed by atoms with van der Waals surface area (Å²) in [5, 5.41) is 6.15. The van der Waals surface area contributed by atoms with Crippen molar-refractivity contribution in [2.45, 2.75) is 33.4 Å². The Morgan fingerprint density at radius 3 is 2.64 bits per heavy atom. The molecule has 8 heteroatoms. The van der Waals surface area contributed by atoms with Gasteiger partial charge in [-0.3, -0.25) is 4.79 Å². The van der Waals surface area contributed by atoms with Crippen LogP contribution in [0, 0.1) is 6.92 Å². The second kappa shape index (κ2) is 9.12. The quantitative estimate of drug-likeness (QED) is 0.382. The zero-order valence-electron chi connectivity index (χ0n) is 18.8. The lowest BCUT2D eigenvalue weighted by molar-refractivity contribution is 0.104. The molecule has 0 fully saturated rings. The van der Waals surface area contributed by atoms with Crippen LogP contribution in [0.25, 0.3) is 11.0 Å². The molecule has 2 heterocycles. The maximum atomic E-state index is 13.4. The van der Waals surface area contributed by atoms with Gasteiger partial charge in [-0.05, 0) is 38.5 Å². The molecule has 8 nitrogen and oxygen atoms in total. The molecular formula is C25H26N6O2. The highest BCUT2D eigenvalue weighted by Crippen LogP contribution is 2.28. The Kier molecular flexibility index (Phi) is 6.08. The Labute approximate surface area is 191 Å². The van der Waals surface area contributed by atoms with Crippen molar-refractivity contribution in [3.8, 4) is 0 Å². The average Bonchev–Trinajstić information content (AvgIpc) is 3.19. The number of nitrogen functional groups attached to an aromatic ring is 1. The molecule has 0 spiro atoms. The highest BCUT2D eigenvalue weighted by Gasteiger charge is 2.21. The second-order valence-corrected chi connectivity index (χ2v) is 8.21. The molecule has 0 aliphatic heterocycles. The molecule has 0 aliphatic rings. The van der Waals surface area contributed by atoms with Gasteiger partial charge in [0.25, 0.3) is 0 Å². The van der Waals surface area contributed by atoms with Gasteiger partial charge in [-0.1, -0.05) is 42.0 Å². The molecule has 0 unspecified atom stereocenters. The number of anilines is 2. The fourth-order valence-corrected chi connectivity index (χ4v) is 3.75. The summed E-state index contributed by atoms with van der Waals surface area (Å²) in [5.41, 5.74) is 10.2. The molecule has 0 atom stereocenters. The van der Waals surface area contributed by atoms with E-state index in [4.69, 9.17) is 5.73 Å². The number of ketones is 1. The number of hydrogen-bond acceptors (Lipinski definition) is 5. The van der Waals surface area contributed by atoms with E-state index in [0.717, 1.165) is 11.1 Å². The minimum absolute atomic E-state index is 0.0912. The molecule has 0 radical (unpaired) electrons. The molecular weight excluding hydrogens is 416 g/mol.